The molecule has 1 saturated heterocycles. The van der Waals surface area contributed by atoms with Crippen LogP contribution in [0.1, 0.15) is 13.8 Å². The van der Waals surface area contributed by atoms with Gasteiger partial charge in [0.1, 0.15) is 5.75 Å². The van der Waals surface area contributed by atoms with Gasteiger partial charge in [0, 0.05) is 5.69 Å². The predicted molar refractivity (Wildman–Crippen MR) is 105 cm³/mol. The van der Waals surface area contributed by atoms with Crippen molar-refractivity contribution in [1.82, 2.24) is 0 Å². The van der Waals surface area contributed by atoms with Crippen molar-refractivity contribution in [3.63, 3.8) is 0 Å². The molecule has 8 nitrogen and oxygen atoms in total. The van der Waals surface area contributed by atoms with E-state index >= 15 is 0 Å². The highest BCUT2D eigenvalue weighted by molar-refractivity contribution is 7.94. The monoisotopic (exact) mass is 424 g/mol. The van der Waals surface area contributed by atoms with Gasteiger partial charge in [0.05, 0.1) is 28.9 Å². The minimum absolute atomic E-state index is 0.0598. The summed E-state index contributed by atoms with van der Waals surface area (Å²) >= 11 is 0. The Kier molecular flexibility index (Phi) is 4.88. The zero-order valence-electron chi connectivity index (χ0n) is 15.5. The number of carbonyl (C=O) groups is 1. The third-order valence-corrected chi connectivity index (χ3v) is 7.73. The summed E-state index contributed by atoms with van der Waals surface area (Å²) in [7, 11) is -6.17. The van der Waals surface area contributed by atoms with E-state index in [1.54, 1.807) is 38.1 Å². The molecule has 0 aliphatic carbocycles. The van der Waals surface area contributed by atoms with Crippen LogP contribution < -0.4 is 13.8 Å². The smallest absolute Gasteiger partial charge is 0.261 e. The minimum atomic E-state index is -3.88. The van der Waals surface area contributed by atoms with Crippen LogP contribution in [0, 0.1) is 5.41 Å². The van der Waals surface area contributed by atoms with Gasteiger partial charge in [-0.25, -0.2) is 21.1 Å². The Balaban J connectivity index is 1.86. The van der Waals surface area contributed by atoms with Crippen LogP contribution in [0.25, 0.3) is 0 Å². The molecule has 1 amide bonds. The molecule has 1 heterocycles. The third kappa shape index (κ3) is 3.69. The number of hydrogen-bond donors (Lipinski definition) is 1. The fourth-order valence-electron chi connectivity index (χ4n) is 2.90. The summed E-state index contributed by atoms with van der Waals surface area (Å²) in [6.07, 6.45) is 0. The largest absolute Gasteiger partial charge is 0.497 e. The Morgan fingerprint density at radius 2 is 1.61 bits per heavy atom. The van der Waals surface area contributed by atoms with Crippen LogP contribution in [-0.4, -0.2) is 35.6 Å². The highest BCUT2D eigenvalue weighted by atomic mass is 32.2. The van der Waals surface area contributed by atoms with E-state index in [1.165, 1.54) is 31.4 Å². The van der Waals surface area contributed by atoms with Crippen LogP contribution in [0.2, 0.25) is 0 Å². The zero-order chi connectivity index (χ0) is 20.7. The number of benzene rings is 2. The lowest BCUT2D eigenvalue weighted by Gasteiger charge is -2.17. The maximum Gasteiger partial charge on any atom is 0.261 e. The van der Waals surface area contributed by atoms with E-state index in [2.05, 4.69) is 4.72 Å². The molecular formula is C18H20N2O6S2. The van der Waals surface area contributed by atoms with Gasteiger partial charge in [0.25, 0.3) is 10.0 Å². The Hall–Kier alpha value is -2.59. The van der Waals surface area contributed by atoms with Crippen molar-refractivity contribution in [1.29, 1.82) is 0 Å². The lowest BCUT2D eigenvalue weighted by atomic mass is 9.95. The van der Waals surface area contributed by atoms with Crippen LogP contribution in [-0.2, 0) is 24.8 Å². The molecule has 0 bridgehead atoms. The molecule has 1 aliphatic rings. The molecule has 0 aromatic heterocycles. The molecule has 0 radical (unpaired) electrons. The topological polar surface area (TPSA) is 110 Å². The van der Waals surface area contributed by atoms with E-state index < -0.39 is 31.4 Å². The van der Waals surface area contributed by atoms with Crippen molar-refractivity contribution >= 4 is 37.3 Å². The summed E-state index contributed by atoms with van der Waals surface area (Å²) in [5, 5.41) is 0. The Morgan fingerprint density at radius 3 is 2.07 bits per heavy atom. The number of anilines is 2. The maximum atomic E-state index is 12.5. The summed E-state index contributed by atoms with van der Waals surface area (Å²) in [5.41, 5.74) is -0.567. The molecule has 3 rings (SSSR count). The number of ether oxygens (including phenoxy) is 1. The second kappa shape index (κ2) is 6.78. The first kappa shape index (κ1) is 20.2. The maximum absolute atomic E-state index is 12.5. The quantitative estimate of drug-likeness (QED) is 0.788. The molecule has 0 atom stereocenters. The average molecular weight is 425 g/mol. The van der Waals surface area contributed by atoms with Crippen LogP contribution in [0.15, 0.2) is 53.4 Å². The number of hydrogen-bond acceptors (Lipinski definition) is 6. The number of amides is 1. The number of methoxy groups -OCH3 is 1. The number of rotatable bonds is 5. The predicted octanol–water partition coefficient (Wildman–Crippen LogP) is 2.20. The standard InChI is InChI=1S/C18H20N2O6S2/c1-18(2)12-27(22,23)20(17(18)21)14-6-10-16(11-7-14)28(24,25)19-13-4-8-15(26-3)9-5-13/h4-11,19H,12H2,1-3H3. The van der Waals surface area contributed by atoms with Gasteiger partial charge in [0.2, 0.25) is 15.9 Å². The van der Waals surface area contributed by atoms with Gasteiger partial charge < -0.3 is 4.74 Å². The normalized spacial score (nSPS) is 18.1. The highest BCUT2D eigenvalue weighted by Crippen LogP contribution is 2.36. The van der Waals surface area contributed by atoms with Crippen LogP contribution in [0.4, 0.5) is 11.4 Å². The van der Waals surface area contributed by atoms with Gasteiger partial charge in [-0.15, -0.1) is 0 Å². The second-order valence-corrected chi connectivity index (χ2v) is 10.5. The molecule has 2 aromatic rings. The number of carbonyl (C=O) groups excluding carboxylic acids is 1. The van der Waals surface area contributed by atoms with Crippen molar-refractivity contribution in [3.05, 3.63) is 48.5 Å². The highest BCUT2D eigenvalue weighted by Gasteiger charge is 2.49. The molecule has 2 aromatic carbocycles. The molecule has 0 spiro atoms. The second-order valence-electron chi connectivity index (χ2n) is 7.04. The van der Waals surface area contributed by atoms with Gasteiger partial charge in [-0.05, 0) is 62.4 Å². The summed E-state index contributed by atoms with van der Waals surface area (Å²) < 4.78 is 57.9. The lowest BCUT2D eigenvalue weighted by molar-refractivity contribution is -0.123. The molecule has 150 valence electrons. The lowest BCUT2D eigenvalue weighted by Crippen LogP contribution is -2.32. The van der Waals surface area contributed by atoms with Gasteiger partial charge in [-0.1, -0.05) is 0 Å². The minimum Gasteiger partial charge on any atom is -0.497 e. The number of nitrogens with zero attached hydrogens (tertiary/aromatic N) is 1. The molecule has 0 saturated carbocycles. The third-order valence-electron chi connectivity index (χ3n) is 4.31. The van der Waals surface area contributed by atoms with Crippen LogP contribution >= 0.6 is 0 Å². The molecule has 1 N–H and O–H groups in total. The van der Waals surface area contributed by atoms with Gasteiger partial charge in [-0.2, -0.15) is 0 Å². The molecule has 1 aliphatic heterocycles. The van der Waals surface area contributed by atoms with E-state index in [9.17, 15) is 21.6 Å². The SMILES string of the molecule is COc1ccc(NS(=O)(=O)c2ccc(N3C(=O)C(C)(C)CS3(=O)=O)cc2)cc1. The van der Waals surface area contributed by atoms with E-state index in [4.69, 9.17) is 4.74 Å². The van der Waals surface area contributed by atoms with Crippen molar-refractivity contribution < 1.29 is 26.4 Å². The van der Waals surface area contributed by atoms with Crippen LogP contribution in [0.5, 0.6) is 5.75 Å². The first-order valence-electron chi connectivity index (χ1n) is 8.31. The molecule has 1 fully saturated rings. The van der Waals surface area contributed by atoms with E-state index in [0.717, 1.165) is 4.31 Å². The Morgan fingerprint density at radius 1 is 1.04 bits per heavy atom. The van der Waals surface area contributed by atoms with Crippen molar-refractivity contribution in [2.24, 2.45) is 5.41 Å². The van der Waals surface area contributed by atoms with Gasteiger partial charge in [-0.3, -0.25) is 9.52 Å². The zero-order valence-corrected chi connectivity index (χ0v) is 17.2. The van der Waals surface area contributed by atoms with Gasteiger partial charge >= 0.3 is 0 Å². The first-order chi connectivity index (χ1) is 13.0. The average Bonchev–Trinajstić information content (AvgIpc) is 2.78. The molecule has 10 heteroatoms. The van der Waals surface area contributed by atoms with E-state index in [0.29, 0.717) is 11.4 Å². The summed E-state index contributed by atoms with van der Waals surface area (Å²) in [5.74, 6) is -0.246. The molecule has 28 heavy (non-hydrogen) atoms. The van der Waals surface area contributed by atoms with Crippen LogP contribution in [0.3, 0.4) is 0 Å². The Labute approximate surface area is 164 Å². The van der Waals surface area contributed by atoms with Crippen molar-refractivity contribution in [2.45, 2.75) is 18.7 Å². The molecular weight excluding hydrogens is 404 g/mol. The summed E-state index contributed by atoms with van der Waals surface area (Å²) in [6, 6.07) is 11.5. The fourth-order valence-corrected chi connectivity index (χ4v) is 6.06. The number of sulfonamides is 2. The van der Waals surface area contributed by atoms with E-state index in [-0.39, 0.29) is 16.3 Å². The summed E-state index contributed by atoms with van der Waals surface area (Å²) in [4.78, 5) is 12.4. The molecule has 0 unspecified atom stereocenters. The van der Waals surface area contributed by atoms with Crippen molar-refractivity contribution in [2.75, 3.05) is 21.9 Å². The van der Waals surface area contributed by atoms with Gasteiger partial charge in [0.15, 0.2) is 0 Å². The fraction of sp³-hybridized carbons (Fsp3) is 0.278. The number of nitrogens with one attached hydrogen (secondary N) is 1. The van der Waals surface area contributed by atoms with Crippen molar-refractivity contribution in [3.8, 4) is 5.75 Å². The van der Waals surface area contributed by atoms with E-state index in [1.807, 2.05) is 0 Å². The Bertz CT molecular complexity index is 1110. The first-order valence-corrected chi connectivity index (χ1v) is 11.4. The summed E-state index contributed by atoms with van der Waals surface area (Å²) in [6.45, 7) is 3.12.